The highest BCUT2D eigenvalue weighted by Crippen LogP contribution is 2.27. The number of carbonyl (C=O) groups is 1. The topological polar surface area (TPSA) is 137 Å². The highest BCUT2D eigenvalue weighted by Gasteiger charge is 2.19. The van der Waals surface area contributed by atoms with Crippen molar-refractivity contribution in [1.29, 1.82) is 0 Å². The summed E-state index contributed by atoms with van der Waals surface area (Å²) in [6, 6.07) is 2.66. The van der Waals surface area contributed by atoms with E-state index in [9.17, 15) is 4.79 Å². The van der Waals surface area contributed by atoms with Gasteiger partial charge in [0.25, 0.3) is 0 Å². The Morgan fingerprint density at radius 3 is 2.72 bits per heavy atom. The zero-order valence-corrected chi connectivity index (χ0v) is 18.6. The second kappa shape index (κ2) is 9.09. The smallest absolute Gasteiger partial charge is 0.323 e. The Morgan fingerprint density at radius 1 is 1.22 bits per heavy atom. The molecule has 0 spiro atoms. The fourth-order valence-corrected chi connectivity index (χ4v) is 3.48. The van der Waals surface area contributed by atoms with Crippen LogP contribution in [-0.2, 0) is 11.3 Å². The zero-order valence-electron chi connectivity index (χ0n) is 17.1. The maximum absolute atomic E-state index is 12.6. The van der Waals surface area contributed by atoms with Crippen molar-refractivity contribution >= 4 is 46.3 Å². The van der Waals surface area contributed by atoms with Gasteiger partial charge in [0.1, 0.15) is 0 Å². The first-order chi connectivity index (χ1) is 15.4. The van der Waals surface area contributed by atoms with Gasteiger partial charge in [0.15, 0.2) is 16.6 Å². The number of fused-ring (bicyclic) bond motifs is 1. The zero-order chi connectivity index (χ0) is 22.8. The van der Waals surface area contributed by atoms with Gasteiger partial charge in [0.2, 0.25) is 0 Å². The molecule has 0 aromatic carbocycles. The SMILES string of the molecule is COC(C)c1c(NC(=O)Nc2cnc(-n3cc(CN)cn3)c(Cl)c2)cnc2cc(Cl)nn12. The monoisotopic (exact) mass is 475 g/mol. The third kappa shape index (κ3) is 4.36. The van der Waals surface area contributed by atoms with Crippen molar-refractivity contribution in [3.63, 3.8) is 0 Å². The lowest BCUT2D eigenvalue weighted by molar-refractivity contribution is 0.114. The van der Waals surface area contributed by atoms with Crippen molar-refractivity contribution in [1.82, 2.24) is 29.4 Å². The van der Waals surface area contributed by atoms with Gasteiger partial charge in [-0.25, -0.2) is 24.0 Å². The number of methoxy groups -OCH3 is 1. The molecule has 0 saturated carbocycles. The number of nitrogens with two attached hydrogens (primary N) is 1. The number of hydrogen-bond acceptors (Lipinski definition) is 7. The number of carbonyl (C=O) groups excluding carboxylic acids is 1. The lowest BCUT2D eigenvalue weighted by Gasteiger charge is -2.17. The highest BCUT2D eigenvalue weighted by atomic mass is 35.5. The molecule has 166 valence electrons. The minimum atomic E-state index is -0.524. The molecule has 4 rings (SSSR count). The van der Waals surface area contributed by atoms with Crippen LogP contribution in [0, 0.1) is 0 Å². The van der Waals surface area contributed by atoms with Crippen molar-refractivity contribution in [2.24, 2.45) is 5.73 Å². The van der Waals surface area contributed by atoms with Crippen molar-refractivity contribution in [3.05, 3.63) is 58.4 Å². The number of nitrogens with one attached hydrogen (secondary N) is 2. The summed E-state index contributed by atoms with van der Waals surface area (Å²) in [5.41, 5.74) is 8.36. The van der Waals surface area contributed by atoms with Crippen molar-refractivity contribution < 1.29 is 9.53 Å². The van der Waals surface area contributed by atoms with E-state index in [2.05, 4.69) is 30.8 Å². The molecular formula is C19H19Cl2N9O2. The Balaban J connectivity index is 1.55. The second-order valence-electron chi connectivity index (χ2n) is 6.78. The molecule has 1 unspecified atom stereocenters. The summed E-state index contributed by atoms with van der Waals surface area (Å²) in [5, 5.41) is 14.4. The van der Waals surface area contributed by atoms with E-state index in [-0.39, 0.29) is 5.15 Å². The molecular weight excluding hydrogens is 457 g/mol. The van der Waals surface area contributed by atoms with Crippen molar-refractivity contribution in [2.75, 3.05) is 17.7 Å². The molecule has 32 heavy (non-hydrogen) atoms. The predicted molar refractivity (Wildman–Crippen MR) is 120 cm³/mol. The standard InChI is InChI=1S/C19H19Cl2N9O2/c1-10(32-2)17-14(8-23-16-4-15(21)28-30(16)17)27-19(31)26-12-3-13(20)18(24-7-12)29-9-11(5-22)6-25-29/h3-4,6-10H,5,22H2,1-2H3,(H2,26,27,31). The van der Waals surface area contributed by atoms with Gasteiger partial charge in [-0.3, -0.25) is 0 Å². The van der Waals surface area contributed by atoms with E-state index in [0.717, 1.165) is 5.56 Å². The molecule has 4 aromatic heterocycles. The van der Waals surface area contributed by atoms with Crippen LogP contribution in [0.3, 0.4) is 0 Å². The van der Waals surface area contributed by atoms with Gasteiger partial charge in [0, 0.05) is 31.5 Å². The van der Waals surface area contributed by atoms with Crippen LogP contribution < -0.4 is 16.4 Å². The molecule has 0 bridgehead atoms. The minimum Gasteiger partial charge on any atom is -0.375 e. The summed E-state index contributed by atoms with van der Waals surface area (Å²) in [6.45, 7) is 2.17. The second-order valence-corrected chi connectivity index (χ2v) is 7.57. The maximum Gasteiger partial charge on any atom is 0.323 e. The van der Waals surface area contributed by atoms with Gasteiger partial charge in [-0.05, 0) is 13.0 Å². The van der Waals surface area contributed by atoms with Crippen molar-refractivity contribution in [2.45, 2.75) is 19.6 Å². The lowest BCUT2D eigenvalue weighted by atomic mass is 10.2. The van der Waals surface area contributed by atoms with Crippen LogP contribution in [0.5, 0.6) is 0 Å². The Bertz CT molecular complexity index is 1290. The van der Waals surface area contributed by atoms with E-state index in [1.54, 1.807) is 31.6 Å². The number of anilines is 2. The largest absolute Gasteiger partial charge is 0.375 e. The average molecular weight is 476 g/mol. The lowest BCUT2D eigenvalue weighted by Crippen LogP contribution is -2.22. The maximum atomic E-state index is 12.6. The van der Waals surface area contributed by atoms with Crippen LogP contribution >= 0.6 is 23.2 Å². The number of nitrogens with zero attached hydrogens (tertiary/aromatic N) is 6. The molecule has 0 fully saturated rings. The van der Waals surface area contributed by atoms with Crippen LogP contribution in [0.2, 0.25) is 10.2 Å². The number of hydrogen-bond donors (Lipinski definition) is 3. The van der Waals surface area contributed by atoms with Crippen LogP contribution in [-0.4, -0.2) is 42.5 Å². The molecule has 0 aliphatic heterocycles. The number of pyridine rings is 1. The van der Waals surface area contributed by atoms with Gasteiger partial charge in [-0.15, -0.1) is 0 Å². The van der Waals surface area contributed by atoms with Gasteiger partial charge >= 0.3 is 6.03 Å². The number of halogens is 2. The van der Waals surface area contributed by atoms with Crippen LogP contribution in [0.1, 0.15) is 24.3 Å². The number of aromatic nitrogens is 6. The third-order valence-electron chi connectivity index (χ3n) is 4.65. The number of ether oxygens (including phenoxy) is 1. The fraction of sp³-hybridized carbons (Fsp3) is 0.211. The Labute approximate surface area is 192 Å². The molecule has 0 aliphatic carbocycles. The average Bonchev–Trinajstić information content (AvgIpc) is 3.39. The Kier molecular flexibility index (Phi) is 6.24. The summed E-state index contributed by atoms with van der Waals surface area (Å²) in [4.78, 5) is 21.2. The summed E-state index contributed by atoms with van der Waals surface area (Å²) >= 11 is 12.3. The van der Waals surface area contributed by atoms with E-state index >= 15 is 0 Å². The number of rotatable bonds is 6. The molecule has 0 saturated heterocycles. The van der Waals surface area contributed by atoms with Gasteiger partial charge < -0.3 is 21.1 Å². The van der Waals surface area contributed by atoms with Crippen LogP contribution in [0.25, 0.3) is 11.5 Å². The molecule has 0 radical (unpaired) electrons. The normalized spacial score (nSPS) is 12.2. The summed E-state index contributed by atoms with van der Waals surface area (Å²) in [6.07, 6.45) is 5.96. The van der Waals surface area contributed by atoms with E-state index in [0.29, 0.717) is 40.1 Å². The van der Waals surface area contributed by atoms with Crippen LogP contribution in [0.15, 0.2) is 36.9 Å². The highest BCUT2D eigenvalue weighted by molar-refractivity contribution is 6.32. The van der Waals surface area contributed by atoms with E-state index in [1.165, 1.54) is 21.6 Å². The summed E-state index contributed by atoms with van der Waals surface area (Å²) < 4.78 is 8.47. The minimum absolute atomic E-state index is 0.278. The van der Waals surface area contributed by atoms with Gasteiger partial charge in [0.05, 0.1) is 46.8 Å². The van der Waals surface area contributed by atoms with Gasteiger partial charge in [-0.2, -0.15) is 10.2 Å². The van der Waals surface area contributed by atoms with E-state index in [1.807, 2.05) is 6.92 Å². The fourth-order valence-electron chi connectivity index (χ4n) is 3.06. The van der Waals surface area contributed by atoms with Crippen molar-refractivity contribution in [3.8, 4) is 5.82 Å². The Morgan fingerprint density at radius 2 is 2.03 bits per heavy atom. The van der Waals surface area contributed by atoms with E-state index in [4.69, 9.17) is 33.7 Å². The molecule has 1 atom stereocenters. The quantitative estimate of drug-likeness (QED) is 0.388. The molecule has 4 aromatic rings. The Hall–Kier alpha value is -3.25. The molecule has 11 nitrogen and oxygen atoms in total. The number of amides is 2. The van der Waals surface area contributed by atoms with Crippen LogP contribution in [0.4, 0.5) is 16.2 Å². The predicted octanol–water partition coefficient (Wildman–Crippen LogP) is 3.43. The molecule has 0 aliphatic rings. The third-order valence-corrected chi connectivity index (χ3v) is 5.11. The number of urea groups is 1. The summed E-state index contributed by atoms with van der Waals surface area (Å²) in [5.74, 6) is 0.416. The molecule has 4 N–H and O–H groups in total. The first-order valence-electron chi connectivity index (χ1n) is 9.44. The first-order valence-corrected chi connectivity index (χ1v) is 10.2. The summed E-state index contributed by atoms with van der Waals surface area (Å²) in [7, 11) is 1.55. The molecule has 13 heteroatoms. The molecule has 2 amide bonds. The van der Waals surface area contributed by atoms with E-state index < -0.39 is 12.1 Å². The molecule has 4 heterocycles. The van der Waals surface area contributed by atoms with Gasteiger partial charge in [-0.1, -0.05) is 23.2 Å². The first kappa shape index (κ1) is 22.0.